The van der Waals surface area contributed by atoms with Gasteiger partial charge in [0.2, 0.25) is 0 Å². The molecular formula is C13H13F3N2O6S. The van der Waals surface area contributed by atoms with E-state index in [4.69, 9.17) is 4.74 Å². The number of rotatable bonds is 5. The van der Waals surface area contributed by atoms with Crippen molar-refractivity contribution in [3.8, 4) is 5.75 Å². The van der Waals surface area contributed by atoms with Gasteiger partial charge in [0.15, 0.2) is 22.2 Å². The summed E-state index contributed by atoms with van der Waals surface area (Å²) in [6, 6.07) is 1.10. The third kappa shape index (κ3) is 5.05. The zero-order valence-corrected chi connectivity index (χ0v) is 13.4. The van der Waals surface area contributed by atoms with Gasteiger partial charge in [0.05, 0.1) is 22.0 Å². The number of halogens is 3. The molecule has 1 aromatic carbocycles. The number of nitro groups is 1. The predicted octanol–water partition coefficient (Wildman–Crippen LogP) is 1.30. The van der Waals surface area contributed by atoms with E-state index in [9.17, 15) is 36.5 Å². The lowest BCUT2D eigenvalue weighted by Gasteiger charge is -2.12. The molecule has 12 heteroatoms. The van der Waals surface area contributed by atoms with Gasteiger partial charge in [-0.25, -0.2) is 8.42 Å². The SMILES string of the molecule is O=C(COc1ccc(C(F)(F)F)cc1[N+](=O)[O-])N[C@H]1CCS(=O)(=O)C1. The first kappa shape index (κ1) is 19.0. The van der Waals surface area contributed by atoms with Crippen molar-refractivity contribution in [1.82, 2.24) is 5.32 Å². The Morgan fingerprint density at radius 1 is 1.40 bits per heavy atom. The van der Waals surface area contributed by atoms with Crippen LogP contribution < -0.4 is 10.1 Å². The molecule has 1 aliphatic rings. The molecule has 0 aliphatic carbocycles. The van der Waals surface area contributed by atoms with Crippen LogP contribution in [0.2, 0.25) is 0 Å². The highest BCUT2D eigenvalue weighted by Gasteiger charge is 2.33. The molecule has 1 N–H and O–H groups in total. The van der Waals surface area contributed by atoms with Crippen molar-refractivity contribution >= 4 is 21.4 Å². The Kier molecular flexibility index (Phi) is 5.20. The molecule has 0 spiro atoms. The minimum absolute atomic E-state index is 0.0524. The van der Waals surface area contributed by atoms with Crippen LogP contribution in [-0.4, -0.2) is 43.4 Å². The summed E-state index contributed by atoms with van der Waals surface area (Å²) in [5, 5.41) is 13.3. The maximum Gasteiger partial charge on any atom is 0.416 e. The molecule has 0 radical (unpaired) electrons. The number of carbonyl (C=O) groups excluding carboxylic acids is 1. The maximum atomic E-state index is 12.6. The number of carbonyl (C=O) groups is 1. The fourth-order valence-electron chi connectivity index (χ4n) is 2.28. The van der Waals surface area contributed by atoms with Crippen LogP contribution >= 0.6 is 0 Å². The van der Waals surface area contributed by atoms with Crippen LogP contribution in [0.4, 0.5) is 18.9 Å². The van der Waals surface area contributed by atoms with Crippen molar-refractivity contribution in [2.24, 2.45) is 0 Å². The number of hydrogen-bond acceptors (Lipinski definition) is 6. The van der Waals surface area contributed by atoms with Gasteiger partial charge < -0.3 is 10.1 Å². The lowest BCUT2D eigenvalue weighted by atomic mass is 10.2. The van der Waals surface area contributed by atoms with Gasteiger partial charge in [-0.1, -0.05) is 0 Å². The number of hydrogen-bond donors (Lipinski definition) is 1. The van der Waals surface area contributed by atoms with Crippen LogP contribution in [0.15, 0.2) is 18.2 Å². The Morgan fingerprint density at radius 2 is 2.08 bits per heavy atom. The van der Waals surface area contributed by atoms with Gasteiger partial charge in [-0.05, 0) is 18.6 Å². The Balaban J connectivity index is 2.02. The van der Waals surface area contributed by atoms with Crippen molar-refractivity contribution in [2.45, 2.75) is 18.6 Å². The Hall–Kier alpha value is -2.37. The molecule has 0 bridgehead atoms. The van der Waals surface area contributed by atoms with E-state index in [-0.39, 0.29) is 17.9 Å². The normalized spacial score (nSPS) is 19.4. The highest BCUT2D eigenvalue weighted by atomic mass is 32.2. The zero-order chi connectivity index (χ0) is 18.8. The van der Waals surface area contributed by atoms with Gasteiger partial charge in [0, 0.05) is 12.1 Å². The van der Waals surface area contributed by atoms with Gasteiger partial charge in [-0.15, -0.1) is 0 Å². The largest absolute Gasteiger partial charge is 0.477 e. The molecule has 1 fully saturated rings. The minimum Gasteiger partial charge on any atom is -0.477 e. The molecule has 0 aromatic heterocycles. The van der Waals surface area contributed by atoms with Crippen molar-refractivity contribution < 1.29 is 36.0 Å². The Morgan fingerprint density at radius 3 is 2.60 bits per heavy atom. The minimum atomic E-state index is -4.76. The number of nitrogens with zero attached hydrogens (tertiary/aromatic N) is 1. The molecular weight excluding hydrogens is 369 g/mol. The summed E-state index contributed by atoms with van der Waals surface area (Å²) in [7, 11) is -3.20. The third-order valence-electron chi connectivity index (χ3n) is 3.44. The summed E-state index contributed by atoms with van der Waals surface area (Å²) in [6.07, 6.45) is -4.51. The van der Waals surface area contributed by atoms with Crippen LogP contribution in [0.5, 0.6) is 5.75 Å². The average molecular weight is 382 g/mol. The van der Waals surface area contributed by atoms with E-state index in [0.29, 0.717) is 12.1 Å². The molecule has 8 nitrogen and oxygen atoms in total. The second-order valence-electron chi connectivity index (χ2n) is 5.39. The van der Waals surface area contributed by atoms with Gasteiger partial charge >= 0.3 is 11.9 Å². The summed E-state index contributed by atoms with van der Waals surface area (Å²) in [5.41, 5.74) is -2.14. The first-order chi connectivity index (χ1) is 11.5. The van der Waals surface area contributed by atoms with Crippen LogP contribution in [0, 0.1) is 10.1 Å². The van der Waals surface area contributed by atoms with E-state index in [0.717, 1.165) is 6.07 Å². The highest BCUT2D eigenvalue weighted by Crippen LogP contribution is 2.35. The quantitative estimate of drug-likeness (QED) is 0.606. The molecule has 1 aliphatic heterocycles. The van der Waals surface area contributed by atoms with Gasteiger partial charge in [0.25, 0.3) is 5.91 Å². The predicted molar refractivity (Wildman–Crippen MR) is 78.8 cm³/mol. The number of nitrogens with one attached hydrogen (secondary N) is 1. The molecule has 1 heterocycles. The van der Waals surface area contributed by atoms with E-state index < -0.39 is 56.5 Å². The number of nitro benzene ring substituents is 1. The van der Waals surface area contributed by atoms with Crippen molar-refractivity contribution in [3.05, 3.63) is 33.9 Å². The molecule has 0 unspecified atom stereocenters. The van der Waals surface area contributed by atoms with Crippen LogP contribution in [0.1, 0.15) is 12.0 Å². The molecule has 1 aromatic rings. The van der Waals surface area contributed by atoms with E-state index in [1.807, 2.05) is 0 Å². The summed E-state index contributed by atoms with van der Waals surface area (Å²) in [6.45, 7) is -0.692. The zero-order valence-electron chi connectivity index (χ0n) is 12.6. The standard InChI is InChI=1S/C13H13F3N2O6S/c14-13(15,16)8-1-2-11(10(5-8)18(20)21)24-6-12(19)17-9-3-4-25(22,23)7-9/h1-2,5,9H,3-4,6-7H2,(H,17,19)/t9-/m0/s1. The van der Waals surface area contributed by atoms with Crippen LogP contribution in [0.25, 0.3) is 0 Å². The number of alkyl halides is 3. The number of ether oxygens (including phenoxy) is 1. The highest BCUT2D eigenvalue weighted by molar-refractivity contribution is 7.91. The maximum absolute atomic E-state index is 12.6. The molecule has 25 heavy (non-hydrogen) atoms. The van der Waals surface area contributed by atoms with E-state index in [1.165, 1.54) is 0 Å². The Bertz CT molecular complexity index is 793. The number of benzene rings is 1. The number of amides is 1. The van der Waals surface area contributed by atoms with Crippen molar-refractivity contribution in [3.63, 3.8) is 0 Å². The summed E-state index contributed by atoms with van der Waals surface area (Å²) in [5.74, 6) is -1.48. The third-order valence-corrected chi connectivity index (χ3v) is 5.21. The fourth-order valence-corrected chi connectivity index (χ4v) is 3.95. The van der Waals surface area contributed by atoms with Crippen molar-refractivity contribution in [1.29, 1.82) is 0 Å². The summed E-state index contributed by atoms with van der Waals surface area (Å²) in [4.78, 5) is 21.5. The summed E-state index contributed by atoms with van der Waals surface area (Å²) >= 11 is 0. The van der Waals surface area contributed by atoms with E-state index in [2.05, 4.69) is 5.32 Å². The fraction of sp³-hybridized carbons (Fsp3) is 0.462. The Labute approximate surface area is 140 Å². The molecule has 2 rings (SSSR count). The molecule has 1 amide bonds. The van der Waals surface area contributed by atoms with E-state index >= 15 is 0 Å². The lowest BCUT2D eigenvalue weighted by molar-refractivity contribution is -0.386. The van der Waals surface area contributed by atoms with Crippen molar-refractivity contribution in [2.75, 3.05) is 18.1 Å². The molecule has 0 saturated carbocycles. The van der Waals surface area contributed by atoms with E-state index in [1.54, 1.807) is 0 Å². The smallest absolute Gasteiger partial charge is 0.416 e. The second kappa shape index (κ2) is 6.86. The molecule has 1 atom stereocenters. The monoisotopic (exact) mass is 382 g/mol. The lowest BCUT2D eigenvalue weighted by Crippen LogP contribution is -2.38. The molecule has 1 saturated heterocycles. The first-order valence-electron chi connectivity index (χ1n) is 6.96. The van der Waals surface area contributed by atoms with Crippen LogP contribution in [-0.2, 0) is 20.8 Å². The topological polar surface area (TPSA) is 116 Å². The van der Waals surface area contributed by atoms with Gasteiger partial charge in [-0.2, -0.15) is 13.2 Å². The first-order valence-corrected chi connectivity index (χ1v) is 8.78. The average Bonchev–Trinajstić information content (AvgIpc) is 2.82. The van der Waals surface area contributed by atoms with Gasteiger partial charge in [0.1, 0.15) is 0 Å². The van der Waals surface area contributed by atoms with Gasteiger partial charge in [-0.3, -0.25) is 14.9 Å². The van der Waals surface area contributed by atoms with Crippen LogP contribution in [0.3, 0.4) is 0 Å². The second-order valence-corrected chi connectivity index (χ2v) is 7.62. The molecule has 138 valence electrons. The summed E-state index contributed by atoms with van der Waals surface area (Å²) < 4.78 is 65.3. The number of sulfone groups is 1.